The minimum atomic E-state index is -0.942. The predicted molar refractivity (Wildman–Crippen MR) is 175 cm³/mol. The Balaban J connectivity index is 0.000000388. The van der Waals surface area contributed by atoms with Crippen LogP contribution in [0.5, 0.6) is 0 Å². The zero-order valence-electron chi connectivity index (χ0n) is 25.8. The lowest BCUT2D eigenvalue weighted by Crippen LogP contribution is -2.22. The lowest BCUT2D eigenvalue weighted by Gasteiger charge is -2.20. The number of hydrogen-bond acceptors (Lipinski definition) is 10. The maximum atomic E-state index is 16.2. The summed E-state index contributed by atoms with van der Waals surface area (Å²) in [4.78, 5) is 49.4. The van der Waals surface area contributed by atoms with Crippen molar-refractivity contribution in [1.82, 2.24) is 19.5 Å². The Kier molecular flexibility index (Phi) is 8.72. The Morgan fingerprint density at radius 2 is 1.92 bits per heavy atom. The standard InChI is InChI=1S/C28H26F2N6O3.C6H5NO2/c1-2-39-27(38)19-13-36(17-4-5-17)24-18(25(19)37)10-20(29)22(23(24)30)15-3-6-21-14(9-15)7-8-35(21)12-16-11-33-28(32)34-26(16)31;8-6(9)5-2-1-3-7-4-5/h3,6,9-11,13,17H,2,4-5,7-8,12H2,1H3,(H4,31,32,33,34);1-4H,(H,8,9). The average Bonchev–Trinajstić information content (AvgIpc) is 3.84. The van der Waals surface area contributed by atoms with Crippen LogP contribution in [0.4, 0.5) is 26.2 Å². The van der Waals surface area contributed by atoms with Crippen LogP contribution in [0.1, 0.15) is 57.7 Å². The molecule has 12 nitrogen and oxygen atoms in total. The number of benzene rings is 2. The van der Waals surface area contributed by atoms with E-state index < -0.39 is 29.0 Å². The number of nitrogens with two attached hydrogens (primary N) is 2. The lowest BCUT2D eigenvalue weighted by atomic mass is 9.98. The van der Waals surface area contributed by atoms with Crippen LogP contribution in [0.25, 0.3) is 22.0 Å². The highest BCUT2D eigenvalue weighted by atomic mass is 19.1. The summed E-state index contributed by atoms with van der Waals surface area (Å²) >= 11 is 0. The highest BCUT2D eigenvalue weighted by Crippen LogP contribution is 2.41. The van der Waals surface area contributed by atoms with Crippen LogP contribution in [0, 0.1) is 11.6 Å². The number of nitrogen functional groups attached to an aromatic ring is 2. The summed E-state index contributed by atoms with van der Waals surface area (Å²) in [5, 5.41) is 8.17. The quantitative estimate of drug-likeness (QED) is 0.206. The Labute approximate surface area is 272 Å². The van der Waals surface area contributed by atoms with E-state index in [0.29, 0.717) is 30.9 Å². The summed E-state index contributed by atoms with van der Waals surface area (Å²) < 4.78 is 38.3. The van der Waals surface area contributed by atoms with E-state index in [1.165, 1.54) is 24.7 Å². The van der Waals surface area contributed by atoms with E-state index in [9.17, 15) is 14.4 Å². The second-order valence-electron chi connectivity index (χ2n) is 11.4. The number of fused-ring (bicyclic) bond motifs is 2. The first-order chi connectivity index (χ1) is 23.1. The molecule has 1 aliphatic carbocycles. The topological polar surface area (TPSA) is 180 Å². The Bertz CT molecular complexity index is 2120. The lowest BCUT2D eigenvalue weighted by molar-refractivity contribution is 0.0523. The molecule has 2 aromatic carbocycles. The number of aromatic nitrogens is 4. The molecule has 0 saturated heterocycles. The van der Waals surface area contributed by atoms with Crippen molar-refractivity contribution in [2.24, 2.45) is 0 Å². The second kappa shape index (κ2) is 13.1. The van der Waals surface area contributed by atoms with Crippen molar-refractivity contribution in [2.45, 2.75) is 38.8 Å². The maximum absolute atomic E-state index is 16.2. The molecule has 1 saturated carbocycles. The van der Waals surface area contributed by atoms with Gasteiger partial charge in [-0.3, -0.25) is 9.78 Å². The Morgan fingerprint density at radius 3 is 2.56 bits per heavy atom. The van der Waals surface area contributed by atoms with Crippen LogP contribution in [-0.2, 0) is 17.7 Å². The summed E-state index contributed by atoms with van der Waals surface area (Å²) in [6, 6.07) is 9.30. The van der Waals surface area contributed by atoms with Crippen molar-refractivity contribution < 1.29 is 28.2 Å². The minimum Gasteiger partial charge on any atom is -0.478 e. The third-order valence-electron chi connectivity index (χ3n) is 8.19. The van der Waals surface area contributed by atoms with Crippen molar-refractivity contribution >= 4 is 40.3 Å². The van der Waals surface area contributed by atoms with Gasteiger partial charge in [-0.2, -0.15) is 4.98 Å². The number of nitrogens with zero attached hydrogens (tertiary/aromatic N) is 5. The zero-order chi connectivity index (χ0) is 34.1. The van der Waals surface area contributed by atoms with Gasteiger partial charge in [0.15, 0.2) is 5.82 Å². The number of rotatable bonds is 7. The van der Waals surface area contributed by atoms with Crippen LogP contribution >= 0.6 is 0 Å². The van der Waals surface area contributed by atoms with E-state index in [1.54, 1.807) is 35.9 Å². The average molecular weight is 656 g/mol. The van der Waals surface area contributed by atoms with Crippen LogP contribution in [0.2, 0.25) is 0 Å². The van der Waals surface area contributed by atoms with E-state index in [4.69, 9.17) is 21.3 Å². The maximum Gasteiger partial charge on any atom is 0.343 e. The molecular formula is C34H31F2N7O5. The predicted octanol–water partition coefficient (Wildman–Crippen LogP) is 4.76. The number of esters is 1. The van der Waals surface area contributed by atoms with Gasteiger partial charge < -0.3 is 30.8 Å². The molecule has 0 unspecified atom stereocenters. The molecule has 5 aromatic rings. The highest BCUT2D eigenvalue weighted by molar-refractivity contribution is 5.95. The molecule has 0 atom stereocenters. The molecule has 1 fully saturated rings. The molecule has 246 valence electrons. The van der Waals surface area contributed by atoms with E-state index in [-0.39, 0.29) is 46.2 Å². The molecule has 7 rings (SSSR count). The van der Waals surface area contributed by atoms with Crippen molar-refractivity contribution in [3.63, 3.8) is 0 Å². The van der Waals surface area contributed by atoms with Gasteiger partial charge in [0.2, 0.25) is 11.4 Å². The molecule has 4 heterocycles. The fourth-order valence-corrected chi connectivity index (χ4v) is 5.74. The summed E-state index contributed by atoms with van der Waals surface area (Å²) in [7, 11) is 0. The second-order valence-corrected chi connectivity index (χ2v) is 11.4. The van der Waals surface area contributed by atoms with E-state index >= 15 is 8.78 Å². The van der Waals surface area contributed by atoms with Gasteiger partial charge >= 0.3 is 11.9 Å². The van der Waals surface area contributed by atoms with Crippen LogP contribution in [0.15, 0.2) is 66.0 Å². The normalized spacial score (nSPS) is 13.5. The van der Waals surface area contributed by atoms with Crippen LogP contribution in [0.3, 0.4) is 0 Å². The SMILES string of the molecule is CCOC(=O)c1cn(C2CC2)c2c(F)c(-c3ccc4c(c3)CCN4Cc3cnc(N)nc3N)c(F)cc2c1=O.O=C(O)c1cccnc1. The molecule has 0 amide bonds. The summed E-state index contributed by atoms with van der Waals surface area (Å²) in [6.07, 6.45) is 7.99. The van der Waals surface area contributed by atoms with E-state index in [2.05, 4.69) is 19.9 Å². The third kappa shape index (κ3) is 6.24. The first-order valence-electron chi connectivity index (χ1n) is 15.2. The van der Waals surface area contributed by atoms with E-state index in [0.717, 1.165) is 35.7 Å². The Morgan fingerprint density at radius 1 is 1.12 bits per heavy atom. The van der Waals surface area contributed by atoms with Crippen LogP contribution in [-0.4, -0.2) is 49.7 Å². The fourth-order valence-electron chi connectivity index (χ4n) is 5.74. The molecule has 48 heavy (non-hydrogen) atoms. The fraction of sp³-hybridized carbons (Fsp3) is 0.235. The molecule has 3 aromatic heterocycles. The first kappa shape index (κ1) is 32.0. The van der Waals surface area contributed by atoms with Gasteiger partial charge in [0.1, 0.15) is 17.2 Å². The van der Waals surface area contributed by atoms with Gasteiger partial charge in [0.25, 0.3) is 0 Å². The molecule has 0 bridgehead atoms. The largest absolute Gasteiger partial charge is 0.478 e. The van der Waals surface area contributed by atoms with Crippen molar-refractivity contribution in [2.75, 3.05) is 29.5 Å². The molecule has 5 N–H and O–H groups in total. The number of halogens is 2. The number of pyridine rings is 2. The molecule has 1 aliphatic heterocycles. The van der Waals surface area contributed by atoms with E-state index in [1.807, 2.05) is 6.07 Å². The van der Waals surface area contributed by atoms with Crippen LogP contribution < -0.4 is 21.8 Å². The number of carboxylic acid groups (broad SMARTS) is 1. The van der Waals surface area contributed by atoms with Gasteiger partial charge in [-0.05, 0) is 67.6 Å². The van der Waals surface area contributed by atoms with Crippen molar-refractivity contribution in [1.29, 1.82) is 0 Å². The third-order valence-corrected chi connectivity index (χ3v) is 8.19. The van der Waals surface area contributed by atoms with Crippen molar-refractivity contribution in [3.05, 3.63) is 105 Å². The Hall–Kier alpha value is -5.92. The number of carbonyl (C=O) groups is 2. The van der Waals surface area contributed by atoms with Gasteiger partial charge in [-0.15, -0.1) is 0 Å². The van der Waals surface area contributed by atoms with Gasteiger partial charge in [-0.1, -0.05) is 6.07 Å². The number of anilines is 3. The smallest absolute Gasteiger partial charge is 0.343 e. The van der Waals surface area contributed by atoms with Gasteiger partial charge in [-0.25, -0.2) is 23.4 Å². The number of carboxylic acids is 1. The van der Waals surface area contributed by atoms with Gasteiger partial charge in [0, 0.05) is 55.2 Å². The molecular weight excluding hydrogens is 624 g/mol. The van der Waals surface area contributed by atoms with Gasteiger partial charge in [0.05, 0.1) is 28.6 Å². The monoisotopic (exact) mass is 655 g/mol. The summed E-state index contributed by atoms with van der Waals surface area (Å²) in [6.45, 7) is 2.86. The minimum absolute atomic E-state index is 0.00657. The summed E-state index contributed by atoms with van der Waals surface area (Å²) in [5.74, 6) is -3.04. The molecule has 0 spiro atoms. The van der Waals surface area contributed by atoms with Crippen molar-refractivity contribution in [3.8, 4) is 11.1 Å². The number of carbonyl (C=O) groups excluding carboxylic acids is 1. The molecule has 2 aliphatic rings. The molecule has 14 heteroatoms. The number of aromatic carboxylic acids is 1. The highest BCUT2D eigenvalue weighted by Gasteiger charge is 2.31. The zero-order valence-corrected chi connectivity index (χ0v) is 25.8. The first-order valence-corrected chi connectivity index (χ1v) is 15.2. The number of hydrogen-bond donors (Lipinski definition) is 3. The number of ether oxygens (including phenoxy) is 1. The molecule has 0 radical (unpaired) electrons. The summed E-state index contributed by atoms with van der Waals surface area (Å²) in [5.41, 5.74) is 13.6.